The summed E-state index contributed by atoms with van der Waals surface area (Å²) in [5, 5.41) is 9.42. The van der Waals surface area contributed by atoms with Crippen LogP contribution in [-0.4, -0.2) is 39.8 Å². The van der Waals surface area contributed by atoms with Crippen LogP contribution in [0.4, 0.5) is 4.79 Å². The first-order valence-corrected chi connectivity index (χ1v) is 6.43. The lowest BCUT2D eigenvalue weighted by molar-refractivity contribution is -0.150. The SMILES string of the molecule is C=CCCC(C)(C(=O)O)N(CC)C(=O)OC(C)(C)C. The summed E-state index contributed by atoms with van der Waals surface area (Å²) >= 11 is 0. The first kappa shape index (κ1) is 17.5. The summed E-state index contributed by atoms with van der Waals surface area (Å²) in [6.07, 6.45) is 1.86. The van der Waals surface area contributed by atoms with Crippen LogP contribution in [0.3, 0.4) is 0 Å². The fourth-order valence-electron chi connectivity index (χ4n) is 1.74. The van der Waals surface area contributed by atoms with Crippen molar-refractivity contribution in [2.75, 3.05) is 6.54 Å². The molecular formula is C14H25NO4. The molecule has 0 radical (unpaired) electrons. The number of carbonyl (C=O) groups excluding carboxylic acids is 1. The second-order valence-corrected chi connectivity index (χ2v) is 5.63. The van der Waals surface area contributed by atoms with Gasteiger partial charge >= 0.3 is 12.1 Å². The zero-order valence-corrected chi connectivity index (χ0v) is 12.5. The van der Waals surface area contributed by atoms with Crippen molar-refractivity contribution in [1.29, 1.82) is 0 Å². The minimum Gasteiger partial charge on any atom is -0.480 e. The predicted molar refractivity (Wildman–Crippen MR) is 74.1 cm³/mol. The minimum absolute atomic E-state index is 0.273. The van der Waals surface area contributed by atoms with Crippen LogP contribution in [-0.2, 0) is 9.53 Å². The van der Waals surface area contributed by atoms with Gasteiger partial charge in [0, 0.05) is 6.54 Å². The highest BCUT2D eigenvalue weighted by Gasteiger charge is 2.42. The van der Waals surface area contributed by atoms with Crippen molar-refractivity contribution in [2.24, 2.45) is 0 Å². The minimum atomic E-state index is -1.29. The third-order valence-corrected chi connectivity index (χ3v) is 2.82. The van der Waals surface area contributed by atoms with Gasteiger partial charge in [-0.25, -0.2) is 9.59 Å². The number of ether oxygens (including phenoxy) is 1. The topological polar surface area (TPSA) is 66.8 Å². The van der Waals surface area contributed by atoms with Crippen LogP contribution in [0.25, 0.3) is 0 Å². The Balaban J connectivity index is 5.19. The van der Waals surface area contributed by atoms with Crippen LogP contribution >= 0.6 is 0 Å². The standard InChI is InChI=1S/C14H25NO4/c1-7-9-10-14(6,11(16)17)15(8-2)12(18)19-13(3,4)5/h7H,1,8-10H2,2-6H3,(H,16,17). The van der Waals surface area contributed by atoms with Crippen molar-refractivity contribution < 1.29 is 19.4 Å². The molecule has 0 aromatic rings. The Morgan fingerprint density at radius 2 is 1.84 bits per heavy atom. The van der Waals surface area contributed by atoms with Gasteiger partial charge in [-0.2, -0.15) is 0 Å². The van der Waals surface area contributed by atoms with Gasteiger partial charge in [-0.05, 0) is 47.5 Å². The molecule has 0 saturated heterocycles. The Bertz CT molecular complexity index is 346. The van der Waals surface area contributed by atoms with Crippen molar-refractivity contribution >= 4 is 12.1 Å². The molecule has 19 heavy (non-hydrogen) atoms. The number of carboxylic acid groups (broad SMARTS) is 1. The molecule has 0 aliphatic carbocycles. The van der Waals surface area contributed by atoms with Gasteiger partial charge in [-0.15, -0.1) is 6.58 Å². The molecule has 0 fully saturated rings. The largest absolute Gasteiger partial charge is 0.480 e. The maximum Gasteiger partial charge on any atom is 0.411 e. The molecular weight excluding hydrogens is 246 g/mol. The lowest BCUT2D eigenvalue weighted by atomic mass is 9.94. The van der Waals surface area contributed by atoms with Gasteiger partial charge in [-0.1, -0.05) is 6.08 Å². The van der Waals surface area contributed by atoms with Gasteiger partial charge in [0.1, 0.15) is 11.1 Å². The first-order chi connectivity index (χ1) is 8.58. The summed E-state index contributed by atoms with van der Waals surface area (Å²) in [5.74, 6) is -1.04. The Kier molecular flexibility index (Phi) is 6.06. The van der Waals surface area contributed by atoms with E-state index in [0.717, 1.165) is 0 Å². The third kappa shape index (κ3) is 4.93. The summed E-state index contributed by atoms with van der Waals surface area (Å²) in [4.78, 5) is 24.9. The molecule has 5 nitrogen and oxygen atoms in total. The number of rotatable bonds is 6. The van der Waals surface area contributed by atoms with E-state index in [-0.39, 0.29) is 6.54 Å². The summed E-state index contributed by atoms with van der Waals surface area (Å²) in [6, 6.07) is 0. The molecule has 0 aliphatic rings. The van der Waals surface area contributed by atoms with E-state index >= 15 is 0 Å². The van der Waals surface area contributed by atoms with Crippen molar-refractivity contribution in [3.63, 3.8) is 0 Å². The van der Waals surface area contributed by atoms with Gasteiger partial charge < -0.3 is 9.84 Å². The average molecular weight is 271 g/mol. The molecule has 0 heterocycles. The lowest BCUT2D eigenvalue weighted by Crippen LogP contribution is -2.56. The van der Waals surface area contributed by atoms with Crippen LogP contribution in [0, 0.1) is 0 Å². The summed E-state index contributed by atoms with van der Waals surface area (Å²) in [6.45, 7) is 12.4. The molecule has 0 aromatic heterocycles. The number of carbonyl (C=O) groups is 2. The third-order valence-electron chi connectivity index (χ3n) is 2.82. The summed E-state index contributed by atoms with van der Waals surface area (Å²) < 4.78 is 5.26. The van der Waals surface area contributed by atoms with Crippen molar-refractivity contribution in [3.05, 3.63) is 12.7 Å². The van der Waals surface area contributed by atoms with E-state index in [1.807, 2.05) is 0 Å². The maximum absolute atomic E-state index is 12.1. The van der Waals surface area contributed by atoms with E-state index in [2.05, 4.69) is 6.58 Å². The number of hydrogen-bond acceptors (Lipinski definition) is 3. The Morgan fingerprint density at radius 3 is 2.16 bits per heavy atom. The zero-order valence-electron chi connectivity index (χ0n) is 12.5. The molecule has 0 aliphatic heterocycles. The second-order valence-electron chi connectivity index (χ2n) is 5.63. The van der Waals surface area contributed by atoms with E-state index in [1.165, 1.54) is 11.8 Å². The monoisotopic (exact) mass is 271 g/mol. The maximum atomic E-state index is 12.1. The van der Waals surface area contributed by atoms with E-state index in [0.29, 0.717) is 12.8 Å². The van der Waals surface area contributed by atoms with Crippen molar-refractivity contribution in [3.8, 4) is 0 Å². The smallest absolute Gasteiger partial charge is 0.411 e. The van der Waals surface area contributed by atoms with Crippen LogP contribution in [0.15, 0.2) is 12.7 Å². The molecule has 1 N–H and O–H groups in total. The molecule has 0 aromatic carbocycles. The van der Waals surface area contributed by atoms with Crippen LogP contribution in [0.2, 0.25) is 0 Å². The fourth-order valence-corrected chi connectivity index (χ4v) is 1.74. The highest BCUT2D eigenvalue weighted by atomic mass is 16.6. The quantitative estimate of drug-likeness (QED) is 0.754. The molecule has 5 heteroatoms. The van der Waals surface area contributed by atoms with E-state index < -0.39 is 23.2 Å². The van der Waals surface area contributed by atoms with Gasteiger partial charge in [0.2, 0.25) is 0 Å². The second kappa shape index (κ2) is 6.59. The van der Waals surface area contributed by atoms with E-state index in [9.17, 15) is 14.7 Å². The molecule has 0 bridgehead atoms. The fraction of sp³-hybridized carbons (Fsp3) is 0.714. The Hall–Kier alpha value is -1.52. The zero-order chi connectivity index (χ0) is 15.3. The Labute approximate surface area is 115 Å². The van der Waals surface area contributed by atoms with Gasteiger partial charge in [0.15, 0.2) is 0 Å². The highest BCUT2D eigenvalue weighted by Crippen LogP contribution is 2.24. The Morgan fingerprint density at radius 1 is 1.32 bits per heavy atom. The molecule has 1 atom stereocenters. The normalized spacial score (nSPS) is 14.4. The molecule has 0 saturated carbocycles. The number of nitrogens with zero attached hydrogens (tertiary/aromatic N) is 1. The average Bonchev–Trinajstić information content (AvgIpc) is 2.24. The molecule has 110 valence electrons. The highest BCUT2D eigenvalue weighted by molar-refractivity contribution is 5.84. The van der Waals surface area contributed by atoms with Gasteiger partial charge in [0.05, 0.1) is 0 Å². The van der Waals surface area contributed by atoms with Crippen LogP contribution in [0.5, 0.6) is 0 Å². The lowest BCUT2D eigenvalue weighted by Gasteiger charge is -2.38. The number of likely N-dealkylation sites (N-methyl/N-ethyl adjacent to an activating group) is 1. The van der Waals surface area contributed by atoms with E-state index in [4.69, 9.17) is 4.74 Å². The number of aliphatic carboxylic acids is 1. The molecule has 1 amide bonds. The summed E-state index contributed by atoms with van der Waals surface area (Å²) in [5.41, 5.74) is -1.94. The number of hydrogen-bond donors (Lipinski definition) is 1. The molecule has 0 rings (SSSR count). The summed E-state index contributed by atoms with van der Waals surface area (Å²) in [7, 11) is 0. The number of amides is 1. The van der Waals surface area contributed by atoms with Gasteiger partial charge in [-0.3, -0.25) is 4.90 Å². The predicted octanol–water partition coefficient (Wildman–Crippen LogP) is 3.05. The first-order valence-electron chi connectivity index (χ1n) is 6.43. The van der Waals surface area contributed by atoms with E-state index in [1.54, 1.807) is 33.8 Å². The van der Waals surface area contributed by atoms with Crippen LogP contribution < -0.4 is 0 Å². The van der Waals surface area contributed by atoms with Crippen molar-refractivity contribution in [2.45, 2.75) is 58.6 Å². The van der Waals surface area contributed by atoms with Crippen molar-refractivity contribution in [1.82, 2.24) is 4.90 Å². The number of carboxylic acids is 1. The molecule has 1 unspecified atom stereocenters. The molecule has 0 spiro atoms. The van der Waals surface area contributed by atoms with Gasteiger partial charge in [0.25, 0.3) is 0 Å². The number of allylic oxidation sites excluding steroid dienone is 1. The van der Waals surface area contributed by atoms with Crippen LogP contribution in [0.1, 0.15) is 47.5 Å².